The van der Waals surface area contributed by atoms with Gasteiger partial charge in [0.2, 0.25) is 5.90 Å². The van der Waals surface area contributed by atoms with Gasteiger partial charge in [0.05, 0.1) is 28.5 Å². The topological polar surface area (TPSA) is 42.7 Å². The van der Waals surface area contributed by atoms with Gasteiger partial charge in [-0.15, -0.1) is 0 Å². The van der Waals surface area contributed by atoms with Crippen LogP contribution in [-0.4, -0.2) is 28.1 Å². The van der Waals surface area contributed by atoms with E-state index in [1.807, 2.05) is 6.20 Å². The fraction of sp³-hybridized carbons (Fsp3) is 0.222. The Morgan fingerprint density at radius 3 is 2.05 bits per heavy atom. The second-order valence-corrected chi connectivity index (χ2v) is 17.9. The number of anilines is 3. The summed E-state index contributed by atoms with van der Waals surface area (Å²) in [4.78, 5) is 12.9. The standard InChI is InChI=1S/C54H50N4O/c1-34-28-35(2)47(31-40(34)52-56-44(33-59-52)51(36-18-10-8-11-19-36)37-20-12-9-13-21-37)57-46-25-17-15-23-42(46)54(6,7)43-30-41-39-22-14-16-24-45(39)58(48(41)32-49(43)57)50-29-38(26-27-55-50)53(3,4)5/h8-32,44,51H,33H2,1-7H3/t44-/m0/s1. The van der Waals surface area contributed by atoms with Crippen LogP contribution in [0.2, 0.25) is 0 Å². The van der Waals surface area contributed by atoms with Gasteiger partial charge in [0.1, 0.15) is 12.4 Å². The second kappa shape index (κ2) is 13.8. The number of aryl methyl sites for hydroxylation is 2. The number of rotatable bonds is 6. The predicted octanol–water partition coefficient (Wildman–Crippen LogP) is 13.2. The van der Waals surface area contributed by atoms with E-state index in [0.717, 1.165) is 39.4 Å². The van der Waals surface area contributed by atoms with E-state index >= 15 is 0 Å². The maximum atomic E-state index is 6.62. The third kappa shape index (κ3) is 6.05. The van der Waals surface area contributed by atoms with Gasteiger partial charge < -0.3 is 9.64 Å². The van der Waals surface area contributed by atoms with Crippen LogP contribution in [0.25, 0.3) is 27.6 Å². The summed E-state index contributed by atoms with van der Waals surface area (Å²) in [6.45, 7) is 16.4. The number of fused-ring (bicyclic) bond motifs is 5. The molecule has 8 aromatic rings. The third-order valence-electron chi connectivity index (χ3n) is 12.8. The summed E-state index contributed by atoms with van der Waals surface area (Å²) in [5, 5.41) is 2.45. The van der Waals surface area contributed by atoms with E-state index in [2.05, 4.69) is 204 Å². The van der Waals surface area contributed by atoms with Gasteiger partial charge in [-0.1, -0.05) is 138 Å². The van der Waals surface area contributed by atoms with E-state index in [1.165, 1.54) is 49.8 Å². The molecule has 0 bridgehead atoms. The number of aromatic nitrogens is 2. The summed E-state index contributed by atoms with van der Waals surface area (Å²) in [7, 11) is 0. The molecule has 0 fully saturated rings. The monoisotopic (exact) mass is 770 g/mol. The fourth-order valence-corrected chi connectivity index (χ4v) is 9.65. The van der Waals surface area contributed by atoms with Crippen LogP contribution in [0.1, 0.15) is 85.0 Å². The number of pyridine rings is 1. The van der Waals surface area contributed by atoms with Crippen molar-refractivity contribution in [1.82, 2.24) is 9.55 Å². The highest BCUT2D eigenvalue weighted by Crippen LogP contribution is 2.54. The number of ether oxygens (including phenoxy) is 1. The lowest BCUT2D eigenvalue weighted by atomic mass is 9.73. The molecule has 292 valence electrons. The van der Waals surface area contributed by atoms with Crippen molar-refractivity contribution in [2.45, 2.75) is 71.3 Å². The molecule has 0 N–H and O–H groups in total. The van der Waals surface area contributed by atoms with Crippen molar-refractivity contribution in [2.75, 3.05) is 11.5 Å². The first-order valence-electron chi connectivity index (χ1n) is 20.9. The molecule has 0 saturated carbocycles. The molecular weight excluding hydrogens is 721 g/mol. The molecule has 5 nitrogen and oxygen atoms in total. The molecule has 0 aliphatic carbocycles. The lowest BCUT2D eigenvalue weighted by molar-refractivity contribution is 0.308. The zero-order valence-corrected chi connectivity index (χ0v) is 35.0. The summed E-state index contributed by atoms with van der Waals surface area (Å²) in [5.74, 6) is 1.71. The van der Waals surface area contributed by atoms with Crippen molar-refractivity contribution >= 4 is 44.8 Å². The fourth-order valence-electron chi connectivity index (χ4n) is 9.65. The molecule has 2 aliphatic heterocycles. The number of aliphatic imine (C=N–C) groups is 1. The molecule has 59 heavy (non-hydrogen) atoms. The van der Waals surface area contributed by atoms with Gasteiger partial charge >= 0.3 is 0 Å². The van der Waals surface area contributed by atoms with Crippen LogP contribution in [0.3, 0.4) is 0 Å². The van der Waals surface area contributed by atoms with E-state index in [1.54, 1.807) is 0 Å². The SMILES string of the molecule is Cc1cc(C)c(N2c3ccccc3C(C)(C)c3cc4c5ccccc5n(-c5cc(C(C)(C)C)ccn5)c4cc32)cc1C1=N[C@H](C(c2ccccc2)c2ccccc2)CO1. The van der Waals surface area contributed by atoms with E-state index < -0.39 is 0 Å². The maximum Gasteiger partial charge on any atom is 0.216 e. The van der Waals surface area contributed by atoms with Crippen LogP contribution in [-0.2, 0) is 15.6 Å². The van der Waals surface area contributed by atoms with Crippen molar-refractivity contribution in [3.63, 3.8) is 0 Å². The van der Waals surface area contributed by atoms with Crippen molar-refractivity contribution in [1.29, 1.82) is 0 Å². The Bertz CT molecular complexity index is 2890. The highest BCUT2D eigenvalue weighted by Gasteiger charge is 2.39. The van der Waals surface area contributed by atoms with Gasteiger partial charge in [0.25, 0.3) is 0 Å². The Hall–Kier alpha value is -6.46. The first-order valence-corrected chi connectivity index (χ1v) is 20.9. The lowest BCUT2D eigenvalue weighted by Gasteiger charge is -2.42. The third-order valence-corrected chi connectivity index (χ3v) is 12.8. The normalized spacial score (nSPS) is 16.0. The number of hydrogen-bond donors (Lipinski definition) is 0. The molecule has 0 unspecified atom stereocenters. The van der Waals surface area contributed by atoms with Gasteiger partial charge in [0.15, 0.2) is 0 Å². The molecule has 10 rings (SSSR count). The molecule has 5 heteroatoms. The Kier molecular flexibility index (Phi) is 8.64. The first-order chi connectivity index (χ1) is 28.5. The van der Waals surface area contributed by atoms with Gasteiger partial charge in [-0.2, -0.15) is 0 Å². The van der Waals surface area contributed by atoms with Gasteiger partial charge in [-0.25, -0.2) is 9.98 Å². The first kappa shape index (κ1) is 36.9. The Morgan fingerprint density at radius 2 is 1.32 bits per heavy atom. The molecule has 0 radical (unpaired) electrons. The Morgan fingerprint density at radius 1 is 0.644 bits per heavy atom. The largest absolute Gasteiger partial charge is 0.475 e. The molecule has 0 amide bonds. The maximum absolute atomic E-state index is 6.62. The molecular formula is C54H50N4O. The number of nitrogens with zero attached hydrogens (tertiary/aromatic N) is 4. The zero-order valence-electron chi connectivity index (χ0n) is 35.0. The number of para-hydroxylation sites is 2. The van der Waals surface area contributed by atoms with Crippen molar-refractivity contribution in [2.24, 2.45) is 4.99 Å². The summed E-state index contributed by atoms with van der Waals surface area (Å²) in [6.07, 6.45) is 1.96. The quantitative estimate of drug-likeness (QED) is 0.169. The molecule has 2 aliphatic rings. The van der Waals surface area contributed by atoms with E-state index in [9.17, 15) is 0 Å². The number of benzene rings is 6. The zero-order chi connectivity index (χ0) is 40.6. The highest BCUT2D eigenvalue weighted by atomic mass is 16.5. The Labute approximate surface area is 347 Å². The van der Waals surface area contributed by atoms with E-state index in [-0.39, 0.29) is 22.8 Å². The van der Waals surface area contributed by atoms with E-state index in [4.69, 9.17) is 14.7 Å². The average molecular weight is 771 g/mol. The van der Waals surface area contributed by atoms with Crippen LogP contribution >= 0.6 is 0 Å². The van der Waals surface area contributed by atoms with Crippen molar-refractivity contribution in [3.8, 4) is 5.82 Å². The highest BCUT2D eigenvalue weighted by molar-refractivity contribution is 6.11. The van der Waals surface area contributed by atoms with Crippen molar-refractivity contribution in [3.05, 3.63) is 196 Å². The summed E-state index contributed by atoms with van der Waals surface area (Å²) < 4.78 is 8.98. The lowest BCUT2D eigenvalue weighted by Crippen LogP contribution is -2.31. The van der Waals surface area contributed by atoms with Crippen LogP contribution < -0.4 is 4.90 Å². The average Bonchev–Trinajstić information content (AvgIpc) is 3.84. The smallest absolute Gasteiger partial charge is 0.216 e. The minimum Gasteiger partial charge on any atom is -0.475 e. The van der Waals surface area contributed by atoms with Crippen LogP contribution in [0, 0.1) is 13.8 Å². The second-order valence-electron chi connectivity index (χ2n) is 17.9. The molecule has 0 spiro atoms. The molecule has 4 heterocycles. The minimum atomic E-state index is -0.262. The molecule has 2 aromatic heterocycles. The van der Waals surface area contributed by atoms with Crippen LogP contribution in [0.4, 0.5) is 17.1 Å². The molecule has 1 atom stereocenters. The summed E-state index contributed by atoms with van der Waals surface area (Å²) in [5.41, 5.74) is 15.1. The van der Waals surface area contributed by atoms with E-state index in [0.29, 0.717) is 12.5 Å². The Balaban J connectivity index is 1.17. The van der Waals surface area contributed by atoms with Crippen LogP contribution in [0.5, 0.6) is 0 Å². The molecule has 6 aromatic carbocycles. The number of hydrogen-bond acceptors (Lipinski definition) is 4. The van der Waals surface area contributed by atoms with Gasteiger partial charge in [-0.3, -0.25) is 4.57 Å². The van der Waals surface area contributed by atoms with Crippen LogP contribution in [0.15, 0.2) is 157 Å². The molecule has 0 saturated heterocycles. The predicted molar refractivity (Wildman–Crippen MR) is 245 cm³/mol. The summed E-state index contributed by atoms with van der Waals surface area (Å²) in [6, 6.07) is 52.9. The van der Waals surface area contributed by atoms with Crippen molar-refractivity contribution < 1.29 is 4.74 Å². The minimum absolute atomic E-state index is 0.0157. The van der Waals surface area contributed by atoms with Gasteiger partial charge in [-0.05, 0) is 101 Å². The summed E-state index contributed by atoms with van der Waals surface area (Å²) >= 11 is 0. The van der Waals surface area contributed by atoms with Gasteiger partial charge in [0, 0.05) is 39.6 Å².